The molecule has 21 heavy (non-hydrogen) atoms. The number of halogens is 1. The van der Waals surface area contributed by atoms with Gasteiger partial charge >= 0.3 is 0 Å². The molecule has 7 nitrogen and oxygen atoms in total. The van der Waals surface area contributed by atoms with Gasteiger partial charge in [-0.05, 0) is 17.7 Å². The van der Waals surface area contributed by atoms with Crippen molar-refractivity contribution in [1.29, 1.82) is 0 Å². The van der Waals surface area contributed by atoms with E-state index in [2.05, 4.69) is 0 Å². The number of nitrogens with two attached hydrogens (primary N) is 2. The summed E-state index contributed by atoms with van der Waals surface area (Å²) in [6.45, 7) is -0.294. The molecule has 0 aromatic heterocycles. The Morgan fingerprint density at radius 2 is 2.00 bits per heavy atom. The molecule has 0 heterocycles. The highest BCUT2D eigenvalue weighted by Gasteiger charge is 2.39. The van der Waals surface area contributed by atoms with Gasteiger partial charge in [-0.1, -0.05) is 12.1 Å². The van der Waals surface area contributed by atoms with Crippen molar-refractivity contribution in [2.75, 3.05) is 0 Å². The van der Waals surface area contributed by atoms with Crippen LogP contribution < -0.4 is 11.5 Å². The van der Waals surface area contributed by atoms with Crippen LogP contribution in [0.25, 0.3) is 0 Å². The van der Waals surface area contributed by atoms with Crippen LogP contribution in [0.1, 0.15) is 18.4 Å². The minimum Gasteiger partial charge on any atom is -0.387 e. The number of hydrogen-bond donors (Lipinski definition) is 4. The van der Waals surface area contributed by atoms with Crippen LogP contribution in [0.15, 0.2) is 24.3 Å². The molecule has 0 aliphatic rings. The van der Waals surface area contributed by atoms with Gasteiger partial charge in [-0.15, -0.1) is 0 Å². The molecule has 116 valence electrons. The van der Waals surface area contributed by atoms with Gasteiger partial charge < -0.3 is 26.4 Å². The second-order valence-corrected chi connectivity index (χ2v) is 4.59. The van der Waals surface area contributed by atoms with Crippen molar-refractivity contribution < 1.29 is 28.9 Å². The largest absolute Gasteiger partial charge is 0.387 e. The number of carbonyl (C=O) groups is 2. The zero-order valence-corrected chi connectivity index (χ0v) is 11.2. The zero-order valence-electron chi connectivity index (χ0n) is 11.2. The summed E-state index contributed by atoms with van der Waals surface area (Å²) < 4.78 is 18.1. The summed E-state index contributed by atoms with van der Waals surface area (Å²) in [5, 5.41) is 19.9. The van der Waals surface area contributed by atoms with Crippen molar-refractivity contribution in [2.45, 2.75) is 31.3 Å². The second kappa shape index (κ2) is 7.11. The monoisotopic (exact) mass is 300 g/mol. The van der Waals surface area contributed by atoms with Crippen LogP contribution >= 0.6 is 0 Å². The molecule has 0 radical (unpaired) electrons. The Labute approximate surface area is 120 Å². The van der Waals surface area contributed by atoms with Crippen molar-refractivity contribution >= 4 is 11.8 Å². The van der Waals surface area contributed by atoms with E-state index in [1.807, 2.05) is 0 Å². The minimum absolute atomic E-state index is 0.294. The van der Waals surface area contributed by atoms with Crippen molar-refractivity contribution in [1.82, 2.24) is 0 Å². The molecule has 0 aliphatic carbocycles. The first kappa shape index (κ1) is 17.0. The lowest BCUT2D eigenvalue weighted by atomic mass is 10.0. The van der Waals surface area contributed by atoms with Gasteiger partial charge in [-0.25, -0.2) is 4.39 Å². The van der Waals surface area contributed by atoms with Gasteiger partial charge in [0, 0.05) is 0 Å². The van der Waals surface area contributed by atoms with Crippen LogP contribution in [0.5, 0.6) is 0 Å². The third-order valence-corrected chi connectivity index (χ3v) is 2.72. The molecule has 6 N–H and O–H groups in total. The lowest BCUT2D eigenvalue weighted by Gasteiger charge is -2.31. The Kier molecular flexibility index (Phi) is 5.77. The number of carbonyl (C=O) groups excluding carboxylic acids is 2. The number of benzene rings is 1. The molecule has 0 bridgehead atoms. The Morgan fingerprint density at radius 3 is 2.52 bits per heavy atom. The molecule has 1 aromatic carbocycles. The predicted molar refractivity (Wildman–Crippen MR) is 69.8 cm³/mol. The number of aliphatic hydroxyl groups excluding tert-OH is 1. The zero-order chi connectivity index (χ0) is 16.0. The highest BCUT2D eigenvalue weighted by Crippen LogP contribution is 2.22. The second-order valence-electron chi connectivity index (χ2n) is 4.59. The fourth-order valence-electron chi connectivity index (χ4n) is 1.70. The van der Waals surface area contributed by atoms with Gasteiger partial charge in [-0.2, -0.15) is 0 Å². The van der Waals surface area contributed by atoms with Crippen molar-refractivity contribution in [3.05, 3.63) is 35.6 Å². The normalized spacial score (nSPS) is 15.2. The van der Waals surface area contributed by atoms with Crippen molar-refractivity contribution in [3.63, 3.8) is 0 Å². The van der Waals surface area contributed by atoms with Gasteiger partial charge in [0.15, 0.2) is 0 Å². The van der Waals surface area contributed by atoms with Crippen LogP contribution in [0, 0.1) is 5.82 Å². The average Bonchev–Trinajstić information content (AvgIpc) is 2.35. The lowest BCUT2D eigenvalue weighted by molar-refractivity contribution is -0.262. The molecule has 0 aliphatic heterocycles. The van der Waals surface area contributed by atoms with Crippen LogP contribution in [-0.4, -0.2) is 33.9 Å². The third-order valence-electron chi connectivity index (χ3n) is 2.72. The van der Waals surface area contributed by atoms with Crippen LogP contribution in [0.4, 0.5) is 4.39 Å². The first-order valence-corrected chi connectivity index (χ1v) is 6.08. The molecular weight excluding hydrogens is 283 g/mol. The summed E-state index contributed by atoms with van der Waals surface area (Å²) in [4.78, 5) is 21.8. The van der Waals surface area contributed by atoms with E-state index in [4.69, 9.17) is 16.2 Å². The molecule has 0 saturated carbocycles. The third kappa shape index (κ3) is 5.46. The molecule has 2 atom stereocenters. The Balaban J connectivity index is 2.82. The Bertz CT molecular complexity index is 525. The maximum absolute atomic E-state index is 13.0. The Hall–Kier alpha value is -2.03. The van der Waals surface area contributed by atoms with E-state index in [0.717, 1.165) is 6.07 Å². The molecule has 1 rings (SSSR count). The predicted octanol–water partition coefficient (Wildman–Crippen LogP) is -0.857. The van der Waals surface area contributed by atoms with Crippen molar-refractivity contribution in [2.24, 2.45) is 11.5 Å². The highest BCUT2D eigenvalue weighted by atomic mass is 19.1. The quantitative estimate of drug-likeness (QED) is 0.463. The van der Waals surface area contributed by atoms with Crippen LogP contribution in [-0.2, 0) is 20.9 Å². The molecule has 0 fully saturated rings. The van der Waals surface area contributed by atoms with Crippen molar-refractivity contribution in [3.8, 4) is 0 Å². The van der Waals surface area contributed by atoms with E-state index < -0.39 is 42.4 Å². The smallest absolute Gasteiger partial charge is 0.222 e. The fourth-order valence-corrected chi connectivity index (χ4v) is 1.70. The molecule has 1 aromatic rings. The minimum atomic E-state index is -2.38. The first-order chi connectivity index (χ1) is 9.73. The number of primary amides is 2. The summed E-state index contributed by atoms with van der Waals surface area (Å²) in [6, 6.07) is 5.33. The van der Waals surface area contributed by atoms with E-state index in [1.54, 1.807) is 0 Å². The average molecular weight is 300 g/mol. The van der Waals surface area contributed by atoms with E-state index in [9.17, 15) is 24.2 Å². The van der Waals surface area contributed by atoms with Gasteiger partial charge in [0.25, 0.3) is 0 Å². The number of hydrogen-bond acceptors (Lipinski definition) is 5. The van der Waals surface area contributed by atoms with E-state index in [0.29, 0.717) is 5.56 Å². The number of ether oxygens (including phenoxy) is 1. The van der Waals surface area contributed by atoms with Gasteiger partial charge in [-0.3, -0.25) is 9.59 Å². The van der Waals surface area contributed by atoms with Crippen LogP contribution in [0.2, 0.25) is 0 Å². The molecule has 0 spiro atoms. The van der Waals surface area contributed by atoms with Gasteiger partial charge in [0.2, 0.25) is 17.6 Å². The molecule has 2 amide bonds. The van der Waals surface area contributed by atoms with Gasteiger partial charge in [0.05, 0.1) is 19.4 Å². The maximum atomic E-state index is 13.0. The topological polar surface area (TPSA) is 136 Å². The SMILES string of the molecule is NC(=O)CC(O)C(O)(CC(N)=O)OCc1cccc(F)c1. The standard InChI is InChI=1S/C13H17FN2O5/c14-9-3-1-2-8(4-9)7-21-13(20,6-12(16)19)10(17)5-11(15)18/h1-4,10,17,20H,5-7H2,(H2,15,18)(H2,16,19). The summed E-state index contributed by atoms with van der Waals surface area (Å²) in [6.07, 6.45) is -3.10. The summed E-state index contributed by atoms with van der Waals surface area (Å²) in [7, 11) is 0. The highest BCUT2D eigenvalue weighted by molar-refractivity contribution is 5.76. The number of aliphatic hydroxyl groups is 2. The van der Waals surface area contributed by atoms with E-state index >= 15 is 0 Å². The summed E-state index contributed by atoms with van der Waals surface area (Å²) >= 11 is 0. The van der Waals surface area contributed by atoms with Gasteiger partial charge in [0.1, 0.15) is 11.9 Å². The first-order valence-electron chi connectivity index (χ1n) is 6.08. The summed E-state index contributed by atoms with van der Waals surface area (Å²) in [5.74, 6) is -4.72. The maximum Gasteiger partial charge on any atom is 0.222 e. The van der Waals surface area contributed by atoms with Crippen LogP contribution in [0.3, 0.4) is 0 Å². The Morgan fingerprint density at radius 1 is 1.33 bits per heavy atom. The lowest BCUT2D eigenvalue weighted by Crippen LogP contribution is -2.49. The van der Waals surface area contributed by atoms with E-state index in [1.165, 1.54) is 18.2 Å². The van der Waals surface area contributed by atoms with E-state index in [-0.39, 0.29) is 6.61 Å². The molecule has 0 saturated heterocycles. The molecule has 8 heteroatoms. The number of amides is 2. The molecule has 2 unspecified atom stereocenters. The fraction of sp³-hybridized carbons (Fsp3) is 0.385. The number of rotatable bonds is 8. The molecular formula is C13H17FN2O5. The summed E-state index contributed by atoms with van der Waals surface area (Å²) in [5.41, 5.74) is 10.3.